The summed E-state index contributed by atoms with van der Waals surface area (Å²) in [6.07, 6.45) is 0.685. The van der Waals surface area contributed by atoms with Gasteiger partial charge in [-0.3, -0.25) is 9.69 Å². The highest BCUT2D eigenvalue weighted by atomic mass is 16.6. The van der Waals surface area contributed by atoms with Crippen LogP contribution in [0.5, 0.6) is 17.2 Å². The topological polar surface area (TPSA) is 172 Å². The maximum Gasteiger partial charge on any atom is 0.408 e. The van der Waals surface area contributed by atoms with E-state index in [2.05, 4.69) is 20.5 Å². The maximum absolute atomic E-state index is 13.2. The van der Waals surface area contributed by atoms with Gasteiger partial charge in [0, 0.05) is 36.7 Å². The summed E-state index contributed by atoms with van der Waals surface area (Å²) in [5.74, 6) is 1.10. The molecule has 4 heterocycles. The van der Waals surface area contributed by atoms with E-state index < -0.39 is 24.2 Å². The van der Waals surface area contributed by atoms with Crippen LogP contribution in [-0.4, -0.2) is 71.6 Å². The van der Waals surface area contributed by atoms with E-state index in [0.29, 0.717) is 40.5 Å². The Hall–Kier alpha value is -6.67. The SMILES string of the molecule is COc1cc(COC(=O)c2ccc(COc3cccc([C@@H](NC(=O)O[C@H]4CN5CCC4CC5)c4ccccc4)c3)cc2)ccc1CNC[C@H](O)c1ccc(O)c2[nH]c(=O)ccc12. The van der Waals surface area contributed by atoms with Crippen molar-refractivity contribution < 1.29 is 38.7 Å². The molecule has 9 rings (SSSR count). The summed E-state index contributed by atoms with van der Waals surface area (Å²) < 4.78 is 23.4. The zero-order chi connectivity index (χ0) is 43.0. The summed E-state index contributed by atoms with van der Waals surface area (Å²) in [6.45, 7) is 3.82. The molecule has 6 aromatic rings. The Kier molecular flexibility index (Phi) is 13.1. The minimum absolute atomic E-state index is 0.0368. The monoisotopic (exact) mass is 838 g/mol. The number of H-pyrrole nitrogens is 1. The summed E-state index contributed by atoms with van der Waals surface area (Å²) in [5, 5.41) is 28.0. The average Bonchev–Trinajstić information content (AvgIpc) is 3.30. The molecular weight excluding hydrogens is 789 g/mol. The zero-order valence-electron chi connectivity index (χ0n) is 34.4. The fourth-order valence-corrected chi connectivity index (χ4v) is 8.29. The van der Waals surface area contributed by atoms with Gasteiger partial charge in [-0.15, -0.1) is 0 Å². The predicted octanol–water partition coefficient (Wildman–Crippen LogP) is 6.91. The summed E-state index contributed by atoms with van der Waals surface area (Å²) >= 11 is 0. The molecule has 13 nitrogen and oxygen atoms in total. The molecule has 0 aliphatic carbocycles. The van der Waals surface area contributed by atoms with Crippen LogP contribution in [-0.2, 0) is 29.2 Å². The number of esters is 1. The number of hydrogen-bond acceptors (Lipinski definition) is 11. The average molecular weight is 839 g/mol. The Balaban J connectivity index is 0.822. The van der Waals surface area contributed by atoms with Gasteiger partial charge in [0.05, 0.1) is 30.3 Å². The largest absolute Gasteiger partial charge is 0.506 e. The molecule has 3 atom stereocenters. The van der Waals surface area contributed by atoms with Crippen LogP contribution in [0.2, 0.25) is 0 Å². The molecule has 1 aromatic heterocycles. The molecule has 62 heavy (non-hydrogen) atoms. The number of phenolic OH excluding ortho intramolecular Hbond substituents is 1. The molecule has 13 heteroatoms. The van der Waals surface area contributed by atoms with Crippen molar-refractivity contribution in [3.63, 3.8) is 0 Å². The number of phenols is 1. The van der Waals surface area contributed by atoms with Crippen molar-refractivity contribution in [2.24, 2.45) is 5.92 Å². The van der Waals surface area contributed by atoms with Gasteiger partial charge >= 0.3 is 12.1 Å². The van der Waals surface area contributed by atoms with Crippen LogP contribution in [0.1, 0.15) is 68.7 Å². The smallest absolute Gasteiger partial charge is 0.408 e. The molecule has 0 saturated carbocycles. The third-order valence-electron chi connectivity index (χ3n) is 11.7. The number of amides is 1. The van der Waals surface area contributed by atoms with E-state index >= 15 is 0 Å². The van der Waals surface area contributed by atoms with E-state index in [9.17, 15) is 24.6 Å². The minimum Gasteiger partial charge on any atom is -0.506 e. The number of aliphatic hydroxyl groups is 1. The number of rotatable bonds is 16. The zero-order valence-corrected chi connectivity index (χ0v) is 34.4. The molecular formula is C49H50N4O9. The van der Waals surface area contributed by atoms with E-state index in [4.69, 9.17) is 18.9 Å². The van der Waals surface area contributed by atoms with Gasteiger partial charge in [-0.2, -0.15) is 0 Å². The maximum atomic E-state index is 13.2. The fourth-order valence-electron chi connectivity index (χ4n) is 8.29. The Morgan fingerprint density at radius 1 is 0.855 bits per heavy atom. The number of benzene rings is 5. The molecule has 3 aliphatic rings. The molecule has 0 radical (unpaired) electrons. The molecule has 5 N–H and O–H groups in total. The van der Waals surface area contributed by atoms with E-state index in [1.54, 1.807) is 31.4 Å². The van der Waals surface area contributed by atoms with Crippen molar-refractivity contribution in [3.8, 4) is 17.2 Å². The first-order chi connectivity index (χ1) is 30.2. The van der Waals surface area contributed by atoms with E-state index in [0.717, 1.165) is 60.3 Å². The number of carbonyl (C=O) groups is 2. The molecule has 320 valence electrons. The van der Waals surface area contributed by atoms with Gasteiger partial charge < -0.3 is 44.8 Å². The van der Waals surface area contributed by atoms with Crippen LogP contribution in [0.25, 0.3) is 10.9 Å². The number of pyridine rings is 1. The molecule has 1 amide bonds. The number of aromatic hydroxyl groups is 1. The number of aliphatic hydroxyl groups excluding tert-OH is 1. The lowest BCUT2D eigenvalue weighted by atomic mass is 9.86. The quantitative estimate of drug-likeness (QED) is 0.0642. The first-order valence-corrected chi connectivity index (χ1v) is 20.8. The second-order valence-corrected chi connectivity index (χ2v) is 15.8. The standard InChI is InChI=1S/C49H50N4O9/c1-59-43-24-32(12-15-37(43)26-50-27-42(55)39-16-18-41(54)47-40(39)17-19-45(56)51-47)30-61-48(57)35-13-10-31(11-14-35)29-60-38-9-5-8-36(25-38)46(34-6-3-2-4-7-34)52-49(58)62-44-28-53-22-20-33(44)21-23-53/h2-19,24-25,33,42,44,46,50,54-55H,20-23,26-30H2,1H3,(H,51,56)(H,52,58)/t42-,44-,46-/m0/s1. The number of nitrogens with one attached hydrogen (secondary N) is 3. The molecule has 0 unspecified atom stereocenters. The normalized spacial score (nSPS) is 17.8. The van der Waals surface area contributed by atoms with Crippen molar-refractivity contribution in [1.82, 2.24) is 20.5 Å². The number of carbonyl (C=O) groups excluding carboxylic acids is 2. The van der Waals surface area contributed by atoms with Gasteiger partial charge in [-0.05, 0) is 102 Å². The van der Waals surface area contributed by atoms with E-state index in [1.807, 2.05) is 84.9 Å². The number of alkyl carbamates (subject to hydrolysis) is 1. The molecule has 2 bridgehead atoms. The van der Waals surface area contributed by atoms with Gasteiger partial charge in [-0.1, -0.05) is 72.8 Å². The first-order valence-electron chi connectivity index (χ1n) is 20.8. The summed E-state index contributed by atoms with van der Waals surface area (Å²) in [5.41, 5.74) is 5.13. The number of nitrogens with zero attached hydrogens (tertiary/aromatic N) is 1. The van der Waals surface area contributed by atoms with E-state index in [1.165, 1.54) is 12.1 Å². The Labute approximate surface area is 359 Å². The summed E-state index contributed by atoms with van der Waals surface area (Å²) in [7, 11) is 1.56. The highest BCUT2D eigenvalue weighted by molar-refractivity contribution is 5.89. The molecule has 0 spiro atoms. The Morgan fingerprint density at radius 2 is 1.63 bits per heavy atom. The lowest BCUT2D eigenvalue weighted by Gasteiger charge is -2.43. The number of fused-ring (bicyclic) bond motifs is 4. The van der Waals surface area contributed by atoms with Gasteiger partial charge in [-0.25, -0.2) is 9.59 Å². The third kappa shape index (κ3) is 10.1. The van der Waals surface area contributed by atoms with Crippen molar-refractivity contribution in [2.75, 3.05) is 33.3 Å². The lowest BCUT2D eigenvalue weighted by molar-refractivity contribution is -0.0336. The van der Waals surface area contributed by atoms with Crippen LogP contribution in [0.4, 0.5) is 4.79 Å². The number of ether oxygens (including phenoxy) is 4. The third-order valence-corrected chi connectivity index (χ3v) is 11.7. The summed E-state index contributed by atoms with van der Waals surface area (Å²) in [6, 6.07) is 35.6. The van der Waals surface area contributed by atoms with E-state index in [-0.39, 0.29) is 42.7 Å². The van der Waals surface area contributed by atoms with Crippen molar-refractivity contribution in [3.05, 3.63) is 171 Å². The van der Waals surface area contributed by atoms with Crippen molar-refractivity contribution >= 4 is 23.0 Å². The minimum atomic E-state index is -0.909. The van der Waals surface area contributed by atoms with Crippen LogP contribution >= 0.6 is 0 Å². The van der Waals surface area contributed by atoms with Crippen LogP contribution in [0, 0.1) is 5.92 Å². The molecule has 3 aliphatic heterocycles. The Bertz CT molecular complexity index is 2560. The van der Waals surface area contributed by atoms with Gasteiger partial charge in [0.1, 0.15) is 36.6 Å². The molecule has 3 fully saturated rings. The first kappa shape index (κ1) is 42.0. The van der Waals surface area contributed by atoms with Crippen LogP contribution in [0.15, 0.2) is 126 Å². The Morgan fingerprint density at radius 3 is 2.39 bits per heavy atom. The number of hydrogen-bond donors (Lipinski definition) is 5. The second kappa shape index (κ2) is 19.4. The highest BCUT2D eigenvalue weighted by Crippen LogP contribution is 2.32. The van der Waals surface area contributed by atoms with Crippen LogP contribution < -0.4 is 25.7 Å². The van der Waals surface area contributed by atoms with Gasteiger partial charge in [0.2, 0.25) is 5.56 Å². The van der Waals surface area contributed by atoms with Gasteiger partial charge in [0.25, 0.3) is 0 Å². The van der Waals surface area contributed by atoms with Gasteiger partial charge in [0.15, 0.2) is 0 Å². The number of aromatic amines is 1. The summed E-state index contributed by atoms with van der Waals surface area (Å²) in [4.78, 5) is 43.0. The molecule has 5 aromatic carbocycles. The number of methoxy groups -OCH3 is 1. The number of aromatic nitrogens is 1. The fraction of sp³-hybridized carbons (Fsp3) is 0.286. The van der Waals surface area contributed by atoms with Crippen LogP contribution in [0.3, 0.4) is 0 Å². The molecule has 3 saturated heterocycles. The van der Waals surface area contributed by atoms with Crippen molar-refractivity contribution in [1.29, 1.82) is 0 Å². The number of piperidine rings is 3. The predicted molar refractivity (Wildman–Crippen MR) is 233 cm³/mol. The highest BCUT2D eigenvalue weighted by Gasteiger charge is 2.37. The van der Waals surface area contributed by atoms with Crippen molar-refractivity contribution in [2.45, 2.75) is 50.8 Å². The second-order valence-electron chi connectivity index (χ2n) is 15.8. The lowest BCUT2D eigenvalue weighted by Crippen LogP contribution is -2.52.